The third-order valence-corrected chi connectivity index (χ3v) is 8.95. The van der Waals surface area contributed by atoms with Crippen LogP contribution in [0.25, 0.3) is 0 Å². The smallest absolute Gasteiger partial charge is 0.273 e. The second-order valence-corrected chi connectivity index (χ2v) is 12.3. The third kappa shape index (κ3) is 8.25. The topological polar surface area (TPSA) is 119 Å². The summed E-state index contributed by atoms with van der Waals surface area (Å²) in [5.74, 6) is 1.15. The van der Waals surface area contributed by atoms with Crippen molar-refractivity contribution in [2.45, 2.75) is 24.0 Å². The number of hydrogen-bond acceptors (Lipinski definition) is 7. The number of nitrogens with one attached hydrogen (secondary N) is 1. The molecule has 0 unspecified atom stereocenters. The number of anilines is 1. The number of nitro groups is 1. The van der Waals surface area contributed by atoms with Crippen LogP contribution in [-0.2, 0) is 20.6 Å². The van der Waals surface area contributed by atoms with Crippen molar-refractivity contribution >= 4 is 62.3 Å². The van der Waals surface area contributed by atoms with E-state index in [0.717, 1.165) is 27.4 Å². The molecule has 0 aromatic heterocycles. The highest BCUT2D eigenvalue weighted by molar-refractivity contribution is 7.98. The molecule has 0 aliphatic rings. The summed E-state index contributed by atoms with van der Waals surface area (Å²) in [6, 6.07) is 15.5. The van der Waals surface area contributed by atoms with Crippen molar-refractivity contribution in [3.8, 4) is 5.75 Å². The standard InChI is InChI=1S/C26H27Cl2N3O6S2/c1-18-7-9-22(15-23(18)31(33)34)39(35,36)30(24-14-21(28)8-10-25(24)37-2)16-26(32)29-11-4-12-38-17-19-5-3-6-20(27)13-19/h3,5-10,13-15H,4,11-12,16-17H2,1-2H3,(H,29,32). The molecule has 0 saturated carbocycles. The van der Waals surface area contributed by atoms with Crippen molar-refractivity contribution in [2.24, 2.45) is 0 Å². The molecule has 0 atom stereocenters. The van der Waals surface area contributed by atoms with Crippen LogP contribution in [-0.4, -0.2) is 45.2 Å². The van der Waals surface area contributed by atoms with Gasteiger partial charge in [0.15, 0.2) is 0 Å². The lowest BCUT2D eigenvalue weighted by Gasteiger charge is -2.26. The maximum absolute atomic E-state index is 13.7. The molecule has 0 aliphatic carbocycles. The average molecular weight is 613 g/mol. The second-order valence-electron chi connectivity index (χ2n) is 8.42. The Morgan fingerprint density at radius 3 is 2.54 bits per heavy atom. The van der Waals surface area contributed by atoms with Gasteiger partial charge in [0.25, 0.3) is 15.7 Å². The minimum atomic E-state index is -4.43. The zero-order chi connectivity index (χ0) is 28.6. The zero-order valence-corrected chi connectivity index (χ0v) is 24.4. The first kappa shape index (κ1) is 30.6. The van der Waals surface area contributed by atoms with Gasteiger partial charge in [-0.15, -0.1) is 0 Å². The van der Waals surface area contributed by atoms with Crippen LogP contribution >= 0.6 is 35.0 Å². The van der Waals surface area contributed by atoms with Gasteiger partial charge >= 0.3 is 0 Å². The van der Waals surface area contributed by atoms with Crippen molar-refractivity contribution in [3.63, 3.8) is 0 Å². The number of sulfonamides is 1. The van der Waals surface area contributed by atoms with Gasteiger partial charge in [0.2, 0.25) is 5.91 Å². The Labute approximate surface area is 241 Å². The quantitative estimate of drug-likeness (QED) is 0.146. The fourth-order valence-electron chi connectivity index (χ4n) is 3.64. The number of hydrogen-bond donors (Lipinski definition) is 1. The molecule has 0 saturated heterocycles. The number of methoxy groups -OCH3 is 1. The molecule has 1 amide bonds. The first-order valence-electron chi connectivity index (χ1n) is 11.7. The highest BCUT2D eigenvalue weighted by atomic mass is 35.5. The van der Waals surface area contributed by atoms with E-state index in [9.17, 15) is 23.3 Å². The van der Waals surface area contributed by atoms with Gasteiger partial charge in [-0.2, -0.15) is 11.8 Å². The van der Waals surface area contributed by atoms with Crippen LogP contribution in [0, 0.1) is 17.0 Å². The van der Waals surface area contributed by atoms with Gasteiger partial charge in [-0.25, -0.2) is 8.42 Å². The summed E-state index contributed by atoms with van der Waals surface area (Å²) in [6.45, 7) is 1.25. The number of amides is 1. The van der Waals surface area contributed by atoms with E-state index in [1.807, 2.05) is 24.3 Å². The maximum Gasteiger partial charge on any atom is 0.273 e. The van der Waals surface area contributed by atoms with E-state index in [1.165, 1.54) is 44.4 Å². The number of nitrogens with zero attached hydrogens (tertiary/aromatic N) is 2. The minimum Gasteiger partial charge on any atom is -0.495 e. The molecule has 1 N–H and O–H groups in total. The minimum absolute atomic E-state index is 0.0282. The molecule has 0 bridgehead atoms. The molecule has 3 rings (SSSR count). The number of thioether (sulfide) groups is 1. The maximum atomic E-state index is 13.7. The number of nitro benzene ring substituents is 1. The third-order valence-electron chi connectivity index (χ3n) is 5.61. The monoisotopic (exact) mass is 611 g/mol. The normalized spacial score (nSPS) is 11.2. The molecule has 0 radical (unpaired) electrons. The Bertz CT molecular complexity index is 1450. The van der Waals surface area contributed by atoms with Crippen LogP contribution in [0.5, 0.6) is 5.75 Å². The molecular formula is C26H27Cl2N3O6S2. The molecule has 0 spiro atoms. The fraction of sp³-hybridized carbons (Fsp3) is 0.269. The van der Waals surface area contributed by atoms with Gasteiger partial charge in [0.05, 0.1) is 22.6 Å². The number of carbonyl (C=O) groups is 1. The first-order chi connectivity index (χ1) is 18.5. The first-order valence-corrected chi connectivity index (χ1v) is 15.1. The Kier molecular flexibility index (Phi) is 10.9. The Balaban J connectivity index is 1.75. The van der Waals surface area contributed by atoms with Crippen LogP contribution < -0.4 is 14.4 Å². The fourth-order valence-corrected chi connectivity index (χ4v) is 6.37. The van der Waals surface area contributed by atoms with E-state index in [4.69, 9.17) is 27.9 Å². The van der Waals surface area contributed by atoms with Crippen LogP contribution in [0.15, 0.2) is 65.6 Å². The number of halogens is 2. The van der Waals surface area contributed by atoms with Gasteiger partial charge in [-0.05, 0) is 61.1 Å². The van der Waals surface area contributed by atoms with Crippen molar-refractivity contribution < 1.29 is 22.9 Å². The summed E-state index contributed by atoms with van der Waals surface area (Å²) in [4.78, 5) is 23.3. The SMILES string of the molecule is COc1ccc(Cl)cc1N(CC(=O)NCCCSCc1cccc(Cl)c1)S(=O)(=O)c1ccc(C)c([N+](=O)[O-])c1. The summed E-state index contributed by atoms with van der Waals surface area (Å²) in [6.07, 6.45) is 0.661. The van der Waals surface area contributed by atoms with Gasteiger partial charge in [-0.1, -0.05) is 41.4 Å². The molecule has 0 fully saturated rings. The Morgan fingerprint density at radius 2 is 1.85 bits per heavy atom. The molecule has 3 aromatic carbocycles. The molecule has 0 heterocycles. The number of aryl methyl sites for hydroxylation is 1. The van der Waals surface area contributed by atoms with Gasteiger partial charge < -0.3 is 10.1 Å². The molecule has 13 heteroatoms. The predicted molar refractivity (Wildman–Crippen MR) is 156 cm³/mol. The van der Waals surface area contributed by atoms with Crippen molar-refractivity contribution in [1.29, 1.82) is 0 Å². The summed E-state index contributed by atoms with van der Waals surface area (Å²) in [5, 5.41) is 15.1. The second kappa shape index (κ2) is 13.9. The number of rotatable bonds is 13. The highest BCUT2D eigenvalue weighted by Gasteiger charge is 2.31. The van der Waals surface area contributed by atoms with E-state index in [-0.39, 0.29) is 27.0 Å². The lowest BCUT2D eigenvalue weighted by molar-refractivity contribution is -0.385. The van der Waals surface area contributed by atoms with E-state index < -0.39 is 27.4 Å². The number of carbonyl (C=O) groups excluding carboxylic acids is 1. The summed E-state index contributed by atoms with van der Waals surface area (Å²) < 4.78 is 33.6. The summed E-state index contributed by atoms with van der Waals surface area (Å²) in [5.41, 5.74) is 1.08. The van der Waals surface area contributed by atoms with E-state index >= 15 is 0 Å². The molecular weight excluding hydrogens is 585 g/mol. The Morgan fingerprint density at radius 1 is 1.10 bits per heavy atom. The predicted octanol–water partition coefficient (Wildman–Crippen LogP) is 5.85. The summed E-state index contributed by atoms with van der Waals surface area (Å²) >= 11 is 13.8. The molecule has 9 nitrogen and oxygen atoms in total. The van der Waals surface area contributed by atoms with Crippen LogP contribution in [0.3, 0.4) is 0 Å². The lowest BCUT2D eigenvalue weighted by atomic mass is 10.2. The van der Waals surface area contributed by atoms with Crippen LogP contribution in [0.2, 0.25) is 10.0 Å². The van der Waals surface area contributed by atoms with Gasteiger partial charge in [-0.3, -0.25) is 19.2 Å². The number of benzene rings is 3. The molecule has 208 valence electrons. The molecule has 39 heavy (non-hydrogen) atoms. The zero-order valence-electron chi connectivity index (χ0n) is 21.2. The van der Waals surface area contributed by atoms with E-state index in [0.29, 0.717) is 23.6 Å². The van der Waals surface area contributed by atoms with E-state index in [1.54, 1.807) is 11.8 Å². The van der Waals surface area contributed by atoms with Crippen molar-refractivity contribution in [3.05, 3.63) is 92.0 Å². The molecule has 3 aromatic rings. The average Bonchev–Trinajstić information content (AvgIpc) is 2.89. The highest BCUT2D eigenvalue weighted by Crippen LogP contribution is 2.35. The van der Waals surface area contributed by atoms with Crippen LogP contribution in [0.1, 0.15) is 17.5 Å². The largest absolute Gasteiger partial charge is 0.495 e. The van der Waals surface area contributed by atoms with E-state index in [2.05, 4.69) is 5.32 Å². The van der Waals surface area contributed by atoms with Gasteiger partial charge in [0.1, 0.15) is 12.3 Å². The van der Waals surface area contributed by atoms with Gasteiger partial charge in [0, 0.05) is 34.0 Å². The summed E-state index contributed by atoms with van der Waals surface area (Å²) in [7, 11) is -3.07. The molecule has 0 aliphatic heterocycles. The Hall–Kier alpha value is -2.99. The van der Waals surface area contributed by atoms with Crippen LogP contribution in [0.4, 0.5) is 11.4 Å². The van der Waals surface area contributed by atoms with Crippen molar-refractivity contribution in [1.82, 2.24) is 5.32 Å². The number of ether oxygens (including phenoxy) is 1. The van der Waals surface area contributed by atoms with Crippen molar-refractivity contribution in [2.75, 3.05) is 30.3 Å². The lowest BCUT2D eigenvalue weighted by Crippen LogP contribution is -2.41.